The van der Waals surface area contributed by atoms with Crippen LogP contribution in [0, 0.1) is 5.82 Å². The lowest BCUT2D eigenvalue weighted by Crippen LogP contribution is -2.61. The summed E-state index contributed by atoms with van der Waals surface area (Å²) >= 11 is 6.95. The van der Waals surface area contributed by atoms with E-state index in [0.29, 0.717) is 39.4 Å². The maximum atomic E-state index is 14.7. The van der Waals surface area contributed by atoms with Crippen molar-refractivity contribution in [1.82, 2.24) is 9.80 Å². The Labute approximate surface area is 228 Å². The van der Waals surface area contributed by atoms with Gasteiger partial charge in [0.2, 0.25) is 5.91 Å². The van der Waals surface area contributed by atoms with Crippen molar-refractivity contribution in [3.05, 3.63) is 77.5 Å². The number of ether oxygens (including phenoxy) is 2. The van der Waals surface area contributed by atoms with Gasteiger partial charge in [-0.3, -0.25) is 19.4 Å². The SMILES string of the molecule is COc1ccc([C@H]2CN(C)[C@@]3(C(=O)Nc4ccc(F)cc43)[C@]23SC(=S)N(Cc2ccco2)C3=O)cc1OC. The Kier molecular flexibility index (Phi) is 5.78. The van der Waals surface area contributed by atoms with Gasteiger partial charge in [0.25, 0.3) is 5.91 Å². The molecule has 0 aliphatic carbocycles. The van der Waals surface area contributed by atoms with Crippen LogP contribution in [0.4, 0.5) is 10.1 Å². The van der Waals surface area contributed by atoms with Gasteiger partial charge in [0, 0.05) is 23.7 Å². The topological polar surface area (TPSA) is 84.3 Å². The summed E-state index contributed by atoms with van der Waals surface area (Å²) in [5.41, 5.74) is 0.134. The number of furan rings is 1. The fourth-order valence-corrected chi connectivity index (χ4v) is 8.29. The molecule has 6 rings (SSSR count). The van der Waals surface area contributed by atoms with E-state index in [-0.39, 0.29) is 12.5 Å². The zero-order valence-electron chi connectivity index (χ0n) is 20.8. The Hall–Kier alpha value is -3.41. The predicted octanol–water partition coefficient (Wildman–Crippen LogP) is 4.11. The molecule has 2 saturated heterocycles. The predicted molar refractivity (Wildman–Crippen MR) is 144 cm³/mol. The van der Waals surface area contributed by atoms with Gasteiger partial charge >= 0.3 is 0 Å². The molecule has 2 fully saturated rings. The smallest absolute Gasteiger partial charge is 0.251 e. The normalized spacial score (nSPS) is 26.5. The molecule has 11 heteroatoms. The van der Waals surface area contributed by atoms with E-state index in [1.54, 1.807) is 39.5 Å². The maximum absolute atomic E-state index is 14.7. The lowest BCUT2D eigenvalue weighted by Gasteiger charge is -2.41. The summed E-state index contributed by atoms with van der Waals surface area (Å²) < 4.78 is 30.1. The van der Waals surface area contributed by atoms with Crippen molar-refractivity contribution in [3.63, 3.8) is 0 Å². The molecule has 0 saturated carbocycles. The Morgan fingerprint density at radius 1 is 1.16 bits per heavy atom. The molecule has 2 aromatic carbocycles. The minimum absolute atomic E-state index is 0.121. The summed E-state index contributed by atoms with van der Waals surface area (Å²) in [5, 5.41) is 2.91. The number of hydrogen-bond donors (Lipinski definition) is 1. The minimum atomic E-state index is -1.52. The first kappa shape index (κ1) is 24.9. The molecule has 3 aliphatic rings. The Balaban J connectivity index is 1.59. The van der Waals surface area contributed by atoms with Gasteiger partial charge in [-0.25, -0.2) is 4.39 Å². The number of carbonyl (C=O) groups is 2. The highest BCUT2D eigenvalue weighted by Gasteiger charge is 2.77. The van der Waals surface area contributed by atoms with Crippen LogP contribution in [0.5, 0.6) is 11.5 Å². The standard InChI is InChI=1S/C27H24FN3O5S2/c1-30-14-19(15-6-9-21(34-2)22(11-15)35-3)27(24(33)31(25(37)38-27)13-17-5-4-10-36-17)26(30)18-12-16(28)7-8-20(18)29-23(26)32/h4-12,19H,13-14H2,1-3H3,(H,29,32)/t19-,26+,27+/m1/s1. The first-order chi connectivity index (χ1) is 18.3. The van der Waals surface area contributed by atoms with Crippen LogP contribution in [0.2, 0.25) is 0 Å². The second kappa shape index (κ2) is 8.82. The lowest BCUT2D eigenvalue weighted by molar-refractivity contribution is -0.138. The molecule has 1 N–H and O–H groups in total. The van der Waals surface area contributed by atoms with Gasteiger partial charge in [0.1, 0.15) is 20.6 Å². The van der Waals surface area contributed by atoms with Crippen molar-refractivity contribution in [1.29, 1.82) is 0 Å². The van der Waals surface area contributed by atoms with Gasteiger partial charge in [0.05, 0.1) is 27.0 Å². The number of thioether (sulfide) groups is 1. The lowest BCUT2D eigenvalue weighted by atomic mass is 9.72. The summed E-state index contributed by atoms with van der Waals surface area (Å²) in [7, 11) is 4.87. The molecule has 1 aromatic heterocycles. The molecule has 38 heavy (non-hydrogen) atoms. The number of nitrogens with one attached hydrogen (secondary N) is 1. The third-order valence-corrected chi connectivity index (χ3v) is 9.68. The third kappa shape index (κ3) is 3.15. The van der Waals surface area contributed by atoms with E-state index < -0.39 is 27.9 Å². The Morgan fingerprint density at radius 2 is 1.95 bits per heavy atom. The number of fused-ring (bicyclic) bond motifs is 3. The molecular formula is C27H24FN3O5S2. The van der Waals surface area contributed by atoms with E-state index in [9.17, 15) is 14.0 Å². The van der Waals surface area contributed by atoms with Gasteiger partial charge in [-0.2, -0.15) is 0 Å². The number of hydrogen-bond acceptors (Lipinski definition) is 8. The number of rotatable bonds is 5. The minimum Gasteiger partial charge on any atom is -0.493 e. The monoisotopic (exact) mass is 553 g/mol. The van der Waals surface area contributed by atoms with Crippen LogP contribution in [0.3, 0.4) is 0 Å². The quantitative estimate of drug-likeness (QED) is 0.473. The van der Waals surface area contributed by atoms with Gasteiger partial charge in [-0.1, -0.05) is 30.0 Å². The van der Waals surface area contributed by atoms with Crippen molar-refractivity contribution in [2.75, 3.05) is 33.1 Å². The molecule has 4 heterocycles. The van der Waals surface area contributed by atoms with Crippen LogP contribution in [0.25, 0.3) is 0 Å². The second-order valence-corrected chi connectivity index (χ2v) is 11.4. The highest BCUT2D eigenvalue weighted by molar-refractivity contribution is 8.25. The number of likely N-dealkylation sites (tertiary alicyclic amines) is 1. The van der Waals surface area contributed by atoms with Crippen molar-refractivity contribution >= 4 is 45.8 Å². The maximum Gasteiger partial charge on any atom is 0.251 e. The van der Waals surface area contributed by atoms with Crippen molar-refractivity contribution < 1.29 is 27.9 Å². The molecule has 3 aromatic rings. The number of methoxy groups -OCH3 is 2. The number of benzene rings is 2. The molecule has 0 bridgehead atoms. The van der Waals surface area contributed by atoms with E-state index >= 15 is 0 Å². The third-order valence-electron chi connectivity index (χ3n) is 7.74. The highest BCUT2D eigenvalue weighted by Crippen LogP contribution is 2.66. The van der Waals surface area contributed by atoms with Gasteiger partial charge in [-0.05, 0) is 55.1 Å². The average molecular weight is 554 g/mol. The van der Waals surface area contributed by atoms with Crippen molar-refractivity contribution in [3.8, 4) is 11.5 Å². The molecular weight excluding hydrogens is 529 g/mol. The van der Waals surface area contributed by atoms with Gasteiger partial charge in [0.15, 0.2) is 17.0 Å². The molecule has 3 atom stereocenters. The van der Waals surface area contributed by atoms with E-state index in [0.717, 1.165) is 5.56 Å². The zero-order valence-corrected chi connectivity index (χ0v) is 22.5. The largest absolute Gasteiger partial charge is 0.493 e. The van der Waals surface area contributed by atoms with Crippen LogP contribution in [-0.4, -0.2) is 58.5 Å². The van der Waals surface area contributed by atoms with Crippen LogP contribution in [0.15, 0.2) is 59.2 Å². The van der Waals surface area contributed by atoms with Crippen molar-refractivity contribution in [2.45, 2.75) is 22.7 Å². The van der Waals surface area contributed by atoms with Crippen molar-refractivity contribution in [2.24, 2.45) is 0 Å². The summed E-state index contributed by atoms with van der Waals surface area (Å²) in [6.07, 6.45) is 1.53. The summed E-state index contributed by atoms with van der Waals surface area (Å²) in [5.74, 6) is -0.141. The second-order valence-electron chi connectivity index (χ2n) is 9.48. The Bertz CT molecular complexity index is 1480. The van der Waals surface area contributed by atoms with E-state index in [4.69, 9.17) is 26.1 Å². The molecule has 2 amide bonds. The number of nitrogens with zero attached hydrogens (tertiary/aromatic N) is 2. The van der Waals surface area contributed by atoms with E-state index in [1.165, 1.54) is 41.1 Å². The highest BCUT2D eigenvalue weighted by atomic mass is 32.2. The molecule has 196 valence electrons. The number of amides is 2. The summed E-state index contributed by atoms with van der Waals surface area (Å²) in [6.45, 7) is 0.449. The molecule has 8 nitrogen and oxygen atoms in total. The molecule has 3 aliphatic heterocycles. The number of halogens is 1. The fraction of sp³-hybridized carbons (Fsp3) is 0.296. The van der Waals surface area contributed by atoms with E-state index in [1.807, 2.05) is 17.0 Å². The number of thiocarbonyl (C=S) groups is 1. The van der Waals surface area contributed by atoms with Crippen LogP contribution in [-0.2, 0) is 21.7 Å². The first-order valence-corrected chi connectivity index (χ1v) is 13.1. The summed E-state index contributed by atoms with van der Waals surface area (Å²) in [4.78, 5) is 32.1. The molecule has 2 spiro atoms. The van der Waals surface area contributed by atoms with Crippen LogP contribution < -0.4 is 14.8 Å². The number of likely N-dealkylation sites (N-methyl/N-ethyl adjacent to an activating group) is 1. The zero-order chi connectivity index (χ0) is 26.8. The van der Waals surface area contributed by atoms with Gasteiger partial charge in [-0.15, -0.1) is 0 Å². The molecule has 0 radical (unpaired) electrons. The van der Waals surface area contributed by atoms with Crippen LogP contribution >= 0.6 is 24.0 Å². The van der Waals surface area contributed by atoms with E-state index in [2.05, 4.69) is 5.32 Å². The first-order valence-electron chi connectivity index (χ1n) is 11.9. The molecule has 0 unspecified atom stereocenters. The fourth-order valence-electron chi connectivity index (χ4n) is 6.16. The van der Waals surface area contributed by atoms with Crippen LogP contribution in [0.1, 0.15) is 22.8 Å². The summed E-state index contributed by atoms with van der Waals surface area (Å²) in [6, 6.07) is 13.1. The average Bonchev–Trinajstić information content (AvgIpc) is 3.64. The Morgan fingerprint density at radius 3 is 2.66 bits per heavy atom. The number of anilines is 1. The van der Waals surface area contributed by atoms with Gasteiger partial charge < -0.3 is 19.2 Å². The number of carbonyl (C=O) groups excluding carboxylic acids is 2.